The van der Waals surface area contributed by atoms with Gasteiger partial charge in [-0.2, -0.15) is 0 Å². The zero-order chi connectivity index (χ0) is 20.9. The fourth-order valence-corrected chi connectivity index (χ4v) is 4.21. The highest BCUT2D eigenvalue weighted by Gasteiger charge is 2.48. The number of anilines is 1. The van der Waals surface area contributed by atoms with E-state index < -0.39 is 0 Å². The van der Waals surface area contributed by atoms with Crippen LogP contribution >= 0.6 is 0 Å². The zero-order valence-electron chi connectivity index (χ0n) is 17.5. The maximum atomic E-state index is 13.1. The molecule has 1 aliphatic rings. The maximum absolute atomic E-state index is 13.1. The molecule has 0 bridgehead atoms. The van der Waals surface area contributed by atoms with E-state index in [1.807, 2.05) is 47.4 Å². The second kappa shape index (κ2) is 9.04. The average Bonchev–Trinajstić information content (AvgIpc) is 2.81. The van der Waals surface area contributed by atoms with Crippen molar-refractivity contribution in [2.24, 2.45) is 5.92 Å². The van der Waals surface area contributed by atoms with E-state index in [9.17, 15) is 4.79 Å². The average molecular weight is 402 g/mol. The first-order valence-corrected chi connectivity index (χ1v) is 10.4. The normalized spacial score (nSPS) is 18.1. The molecule has 1 aliphatic heterocycles. The van der Waals surface area contributed by atoms with Crippen molar-refractivity contribution in [3.8, 4) is 11.5 Å². The van der Waals surface area contributed by atoms with Crippen LogP contribution < -0.4 is 14.4 Å². The molecular weight excluding hydrogens is 374 g/mol. The number of hydrogen-bond donors (Lipinski definition) is 0. The lowest BCUT2D eigenvalue weighted by Gasteiger charge is -2.47. The molecule has 4 heteroatoms. The molecule has 3 aromatic carbocycles. The molecule has 1 heterocycles. The van der Waals surface area contributed by atoms with Crippen LogP contribution in [0.1, 0.15) is 30.0 Å². The van der Waals surface area contributed by atoms with E-state index in [1.54, 1.807) is 14.2 Å². The first-order chi connectivity index (χ1) is 14.7. The summed E-state index contributed by atoms with van der Waals surface area (Å²) in [5, 5.41) is 0. The minimum absolute atomic E-state index is 0.00999. The lowest BCUT2D eigenvalue weighted by molar-refractivity contribution is -0.130. The van der Waals surface area contributed by atoms with E-state index in [0.29, 0.717) is 0 Å². The molecule has 1 saturated heterocycles. The van der Waals surface area contributed by atoms with Gasteiger partial charge in [0, 0.05) is 5.69 Å². The Morgan fingerprint density at radius 3 is 2.00 bits per heavy atom. The number of benzene rings is 3. The minimum atomic E-state index is -0.00999. The summed E-state index contributed by atoms with van der Waals surface area (Å²) in [5.41, 5.74) is 3.36. The van der Waals surface area contributed by atoms with Gasteiger partial charge in [0.25, 0.3) is 0 Å². The molecule has 3 aromatic rings. The number of ether oxygens (including phenoxy) is 2. The molecule has 0 spiro atoms. The van der Waals surface area contributed by atoms with Crippen molar-refractivity contribution in [2.75, 3.05) is 19.1 Å². The molecule has 1 unspecified atom stereocenters. The van der Waals surface area contributed by atoms with Crippen LogP contribution in [0.3, 0.4) is 0 Å². The summed E-state index contributed by atoms with van der Waals surface area (Å²) in [5.74, 6) is 1.78. The van der Waals surface area contributed by atoms with Crippen LogP contribution in [-0.2, 0) is 11.2 Å². The van der Waals surface area contributed by atoms with Crippen LogP contribution in [0.5, 0.6) is 11.5 Å². The number of aryl methyl sites for hydroxylation is 1. The van der Waals surface area contributed by atoms with Crippen molar-refractivity contribution >= 4 is 11.6 Å². The number of hydrogen-bond acceptors (Lipinski definition) is 3. The molecule has 0 aliphatic carbocycles. The standard InChI is InChI=1S/C26H27NO3/c1-29-22-15-11-20(12-16-22)25-24(10-6-9-19-7-4-3-5-8-19)26(28)27(25)21-13-17-23(30-2)18-14-21/h3-5,7-8,11-18,24-25H,6,9-10H2,1-2H3/t24-,25?/m0/s1. The largest absolute Gasteiger partial charge is 0.497 e. The number of β-lactam (4-membered cyclic amide) rings is 1. The van der Waals surface area contributed by atoms with Gasteiger partial charge in [0.2, 0.25) is 5.91 Å². The first kappa shape index (κ1) is 20.0. The summed E-state index contributed by atoms with van der Waals surface area (Å²) in [7, 11) is 3.31. The van der Waals surface area contributed by atoms with Crippen molar-refractivity contribution in [2.45, 2.75) is 25.3 Å². The lowest BCUT2D eigenvalue weighted by Crippen LogP contribution is -2.55. The Kier molecular flexibility index (Phi) is 6.03. The molecule has 1 fully saturated rings. The molecule has 0 N–H and O–H groups in total. The van der Waals surface area contributed by atoms with Gasteiger partial charge in [-0.3, -0.25) is 4.79 Å². The minimum Gasteiger partial charge on any atom is -0.497 e. The number of rotatable bonds is 8. The maximum Gasteiger partial charge on any atom is 0.233 e. The van der Waals surface area contributed by atoms with Gasteiger partial charge in [-0.1, -0.05) is 42.5 Å². The molecule has 0 radical (unpaired) electrons. The Bertz CT molecular complexity index is 967. The van der Waals surface area contributed by atoms with Crippen LogP contribution in [-0.4, -0.2) is 20.1 Å². The van der Waals surface area contributed by atoms with Gasteiger partial charge in [0.05, 0.1) is 26.2 Å². The highest BCUT2D eigenvalue weighted by molar-refractivity contribution is 6.03. The summed E-state index contributed by atoms with van der Waals surface area (Å²) in [6.07, 6.45) is 2.85. The first-order valence-electron chi connectivity index (χ1n) is 10.4. The molecule has 154 valence electrons. The van der Waals surface area contributed by atoms with Gasteiger partial charge < -0.3 is 14.4 Å². The molecule has 2 atom stereocenters. The predicted octanol–water partition coefficient (Wildman–Crippen LogP) is 5.43. The SMILES string of the molecule is COc1ccc(C2[C@H](CCCc3ccccc3)C(=O)N2c2ccc(OC)cc2)cc1. The van der Waals surface area contributed by atoms with Gasteiger partial charge in [-0.05, 0) is 66.8 Å². The number of methoxy groups -OCH3 is 2. The topological polar surface area (TPSA) is 38.8 Å². The third kappa shape index (κ3) is 4.04. The predicted molar refractivity (Wildman–Crippen MR) is 119 cm³/mol. The van der Waals surface area contributed by atoms with E-state index in [1.165, 1.54) is 5.56 Å². The van der Waals surface area contributed by atoms with Gasteiger partial charge in [-0.25, -0.2) is 0 Å². The lowest BCUT2D eigenvalue weighted by atomic mass is 9.78. The molecule has 0 aromatic heterocycles. The highest BCUT2D eigenvalue weighted by atomic mass is 16.5. The van der Waals surface area contributed by atoms with Crippen LogP contribution in [0.4, 0.5) is 5.69 Å². The summed E-state index contributed by atoms with van der Waals surface area (Å²) < 4.78 is 10.6. The van der Waals surface area contributed by atoms with Crippen LogP contribution in [0.25, 0.3) is 0 Å². The van der Waals surface area contributed by atoms with Crippen molar-refractivity contribution in [1.29, 1.82) is 0 Å². The van der Waals surface area contributed by atoms with E-state index in [4.69, 9.17) is 9.47 Å². The Morgan fingerprint density at radius 1 is 0.800 bits per heavy atom. The number of carbonyl (C=O) groups excluding carboxylic acids is 1. The third-order valence-electron chi connectivity index (χ3n) is 5.85. The van der Waals surface area contributed by atoms with Crippen LogP contribution in [0.2, 0.25) is 0 Å². The van der Waals surface area contributed by atoms with Gasteiger partial charge in [-0.15, -0.1) is 0 Å². The summed E-state index contributed by atoms with van der Waals surface area (Å²) >= 11 is 0. The molecular formula is C26H27NO3. The Morgan fingerprint density at radius 2 is 1.40 bits per heavy atom. The second-order valence-corrected chi connectivity index (χ2v) is 7.61. The highest BCUT2D eigenvalue weighted by Crippen LogP contribution is 2.46. The van der Waals surface area contributed by atoms with Crippen LogP contribution in [0, 0.1) is 5.92 Å². The van der Waals surface area contributed by atoms with E-state index >= 15 is 0 Å². The molecule has 0 saturated carbocycles. The second-order valence-electron chi connectivity index (χ2n) is 7.61. The zero-order valence-corrected chi connectivity index (χ0v) is 17.5. The van der Waals surface area contributed by atoms with Crippen molar-refractivity contribution < 1.29 is 14.3 Å². The van der Waals surface area contributed by atoms with E-state index in [-0.39, 0.29) is 17.9 Å². The van der Waals surface area contributed by atoms with E-state index in [2.05, 4.69) is 36.4 Å². The molecule has 1 amide bonds. The van der Waals surface area contributed by atoms with Gasteiger partial charge in [0.15, 0.2) is 0 Å². The number of nitrogens with zero attached hydrogens (tertiary/aromatic N) is 1. The fourth-order valence-electron chi connectivity index (χ4n) is 4.21. The Labute approximate surface area is 178 Å². The van der Waals surface area contributed by atoms with E-state index in [0.717, 1.165) is 42.0 Å². The summed E-state index contributed by atoms with van der Waals surface area (Å²) in [6, 6.07) is 26.3. The monoisotopic (exact) mass is 401 g/mol. The van der Waals surface area contributed by atoms with Gasteiger partial charge in [0.1, 0.15) is 11.5 Å². The number of amides is 1. The third-order valence-corrected chi connectivity index (χ3v) is 5.85. The summed E-state index contributed by atoms with van der Waals surface area (Å²) in [4.78, 5) is 15.0. The van der Waals surface area contributed by atoms with Crippen molar-refractivity contribution in [3.63, 3.8) is 0 Å². The molecule has 4 nitrogen and oxygen atoms in total. The summed E-state index contributed by atoms with van der Waals surface area (Å²) in [6.45, 7) is 0. The quantitative estimate of drug-likeness (QED) is 0.472. The van der Waals surface area contributed by atoms with Crippen molar-refractivity contribution in [1.82, 2.24) is 0 Å². The smallest absolute Gasteiger partial charge is 0.233 e. The fraction of sp³-hybridized carbons (Fsp3) is 0.269. The Balaban J connectivity index is 1.54. The molecule has 4 rings (SSSR count). The number of carbonyl (C=O) groups is 1. The Hall–Kier alpha value is -3.27. The van der Waals surface area contributed by atoms with Gasteiger partial charge >= 0.3 is 0 Å². The van der Waals surface area contributed by atoms with Crippen LogP contribution in [0.15, 0.2) is 78.9 Å². The van der Waals surface area contributed by atoms with Crippen molar-refractivity contribution in [3.05, 3.63) is 90.0 Å². The molecule has 30 heavy (non-hydrogen) atoms.